The van der Waals surface area contributed by atoms with E-state index >= 15 is 0 Å². The first-order chi connectivity index (χ1) is 11.6. The van der Waals surface area contributed by atoms with Crippen molar-refractivity contribution in [3.05, 3.63) is 53.6 Å². The molecule has 2 aromatic carbocycles. The molecule has 0 fully saturated rings. The normalized spacial score (nSPS) is 10.5. The standard InChI is InChI=1S/C20H24O4/c1-15(2)24-20-18(22-3)12-17(10-7-11-21)13-19(20)23-14-16-8-5-4-6-9-16/h4-6,8-9,11-13,15H,7,10,14H2,1-3H3. The van der Waals surface area contributed by atoms with E-state index in [-0.39, 0.29) is 6.10 Å². The lowest BCUT2D eigenvalue weighted by molar-refractivity contribution is -0.107. The predicted molar refractivity (Wildman–Crippen MR) is 93.9 cm³/mol. The van der Waals surface area contributed by atoms with E-state index in [9.17, 15) is 4.79 Å². The fourth-order valence-corrected chi connectivity index (χ4v) is 2.35. The second-order valence-electron chi connectivity index (χ2n) is 5.77. The molecule has 128 valence electrons. The smallest absolute Gasteiger partial charge is 0.203 e. The summed E-state index contributed by atoms with van der Waals surface area (Å²) in [6.45, 7) is 4.36. The first-order valence-corrected chi connectivity index (χ1v) is 8.12. The first kappa shape index (κ1) is 17.9. The second-order valence-corrected chi connectivity index (χ2v) is 5.77. The Morgan fingerprint density at radius 2 is 1.75 bits per heavy atom. The van der Waals surface area contributed by atoms with Crippen LogP contribution in [0, 0.1) is 0 Å². The van der Waals surface area contributed by atoms with E-state index in [0.717, 1.165) is 17.4 Å². The molecule has 0 heterocycles. The predicted octanol–water partition coefficient (Wildman–Crippen LogP) is 4.19. The molecule has 2 rings (SSSR count). The van der Waals surface area contributed by atoms with Crippen LogP contribution in [0.2, 0.25) is 0 Å². The van der Waals surface area contributed by atoms with Gasteiger partial charge in [0, 0.05) is 6.42 Å². The molecule has 4 nitrogen and oxygen atoms in total. The van der Waals surface area contributed by atoms with Crippen LogP contribution in [-0.4, -0.2) is 19.5 Å². The number of aryl methyl sites for hydroxylation is 1. The second kappa shape index (κ2) is 8.96. The van der Waals surface area contributed by atoms with Crippen LogP contribution in [0.1, 0.15) is 31.4 Å². The summed E-state index contributed by atoms with van der Waals surface area (Å²) in [7, 11) is 1.60. The summed E-state index contributed by atoms with van der Waals surface area (Å²) < 4.78 is 17.4. The summed E-state index contributed by atoms with van der Waals surface area (Å²) in [6.07, 6.45) is 2.02. The zero-order valence-electron chi connectivity index (χ0n) is 14.5. The van der Waals surface area contributed by atoms with Crippen LogP contribution in [0.25, 0.3) is 0 Å². The number of benzene rings is 2. The van der Waals surface area contributed by atoms with Gasteiger partial charge in [0.15, 0.2) is 11.5 Å². The summed E-state index contributed by atoms with van der Waals surface area (Å²) in [5, 5.41) is 0. The Balaban J connectivity index is 2.30. The highest BCUT2D eigenvalue weighted by Crippen LogP contribution is 2.40. The van der Waals surface area contributed by atoms with Gasteiger partial charge < -0.3 is 19.0 Å². The quantitative estimate of drug-likeness (QED) is 0.647. The van der Waals surface area contributed by atoms with Crippen molar-refractivity contribution in [1.82, 2.24) is 0 Å². The molecule has 0 aromatic heterocycles. The van der Waals surface area contributed by atoms with Crippen LogP contribution in [-0.2, 0) is 17.8 Å². The lowest BCUT2D eigenvalue weighted by Gasteiger charge is -2.19. The van der Waals surface area contributed by atoms with E-state index < -0.39 is 0 Å². The van der Waals surface area contributed by atoms with Crippen molar-refractivity contribution < 1.29 is 19.0 Å². The number of carbonyl (C=O) groups is 1. The van der Waals surface area contributed by atoms with Crippen LogP contribution in [0.15, 0.2) is 42.5 Å². The number of hydrogen-bond acceptors (Lipinski definition) is 4. The van der Waals surface area contributed by atoms with Crippen molar-refractivity contribution in [2.45, 2.75) is 39.4 Å². The van der Waals surface area contributed by atoms with Gasteiger partial charge in [-0.25, -0.2) is 0 Å². The van der Waals surface area contributed by atoms with Gasteiger partial charge >= 0.3 is 0 Å². The zero-order chi connectivity index (χ0) is 17.4. The molecular formula is C20H24O4. The molecule has 0 aliphatic heterocycles. The van der Waals surface area contributed by atoms with Crippen molar-refractivity contribution in [2.75, 3.05) is 7.11 Å². The highest BCUT2D eigenvalue weighted by Gasteiger charge is 2.16. The minimum Gasteiger partial charge on any atom is -0.493 e. The number of aldehydes is 1. The molecule has 0 bridgehead atoms. The molecule has 0 atom stereocenters. The molecule has 2 aromatic rings. The van der Waals surface area contributed by atoms with Crippen LogP contribution in [0.3, 0.4) is 0 Å². The van der Waals surface area contributed by atoms with E-state index in [1.165, 1.54) is 0 Å². The van der Waals surface area contributed by atoms with Crippen molar-refractivity contribution in [3.63, 3.8) is 0 Å². The van der Waals surface area contributed by atoms with E-state index in [4.69, 9.17) is 14.2 Å². The van der Waals surface area contributed by atoms with Crippen LogP contribution in [0.4, 0.5) is 0 Å². The van der Waals surface area contributed by atoms with Gasteiger partial charge in [0.1, 0.15) is 12.9 Å². The summed E-state index contributed by atoms with van der Waals surface area (Å²) in [4.78, 5) is 10.7. The number of carbonyl (C=O) groups excluding carboxylic acids is 1. The molecule has 0 spiro atoms. The Morgan fingerprint density at radius 3 is 2.38 bits per heavy atom. The molecule has 4 heteroatoms. The third-order valence-corrected chi connectivity index (χ3v) is 3.44. The molecule has 0 unspecified atom stereocenters. The van der Waals surface area contributed by atoms with E-state index in [1.807, 2.05) is 56.3 Å². The fourth-order valence-electron chi connectivity index (χ4n) is 2.35. The number of rotatable bonds is 9. The number of ether oxygens (including phenoxy) is 3. The molecule has 24 heavy (non-hydrogen) atoms. The maximum absolute atomic E-state index is 10.7. The van der Waals surface area contributed by atoms with Crippen LogP contribution in [0.5, 0.6) is 17.2 Å². The Hall–Kier alpha value is -2.49. The monoisotopic (exact) mass is 328 g/mol. The average molecular weight is 328 g/mol. The molecule has 0 radical (unpaired) electrons. The van der Waals surface area contributed by atoms with Crippen LogP contribution >= 0.6 is 0 Å². The van der Waals surface area contributed by atoms with Crippen molar-refractivity contribution in [2.24, 2.45) is 0 Å². The van der Waals surface area contributed by atoms with E-state index in [1.54, 1.807) is 7.11 Å². The van der Waals surface area contributed by atoms with Gasteiger partial charge in [0.05, 0.1) is 13.2 Å². The van der Waals surface area contributed by atoms with Crippen molar-refractivity contribution in [1.29, 1.82) is 0 Å². The number of hydrogen-bond donors (Lipinski definition) is 0. The van der Waals surface area contributed by atoms with Crippen molar-refractivity contribution in [3.8, 4) is 17.2 Å². The van der Waals surface area contributed by atoms with Gasteiger partial charge in [-0.05, 0) is 43.5 Å². The van der Waals surface area contributed by atoms with Gasteiger partial charge in [0.25, 0.3) is 0 Å². The van der Waals surface area contributed by atoms with Gasteiger partial charge in [-0.15, -0.1) is 0 Å². The lowest BCUT2D eigenvalue weighted by atomic mass is 10.1. The third kappa shape index (κ3) is 5.01. The van der Waals surface area contributed by atoms with E-state index in [0.29, 0.717) is 36.7 Å². The molecular weight excluding hydrogens is 304 g/mol. The summed E-state index contributed by atoms with van der Waals surface area (Å²) in [6, 6.07) is 13.8. The minimum absolute atomic E-state index is 0.00111. The van der Waals surface area contributed by atoms with Crippen LogP contribution < -0.4 is 14.2 Å². The molecule has 0 saturated heterocycles. The Kier molecular flexibility index (Phi) is 6.67. The lowest BCUT2D eigenvalue weighted by Crippen LogP contribution is -2.09. The molecule has 0 amide bonds. The SMILES string of the molecule is COc1cc(CCC=O)cc(OCc2ccccc2)c1OC(C)C. The topological polar surface area (TPSA) is 44.8 Å². The Bertz CT molecular complexity index is 650. The molecule has 0 aliphatic rings. The Morgan fingerprint density at radius 1 is 1.04 bits per heavy atom. The highest BCUT2D eigenvalue weighted by molar-refractivity contribution is 5.55. The summed E-state index contributed by atoms with van der Waals surface area (Å²) in [5.74, 6) is 1.85. The third-order valence-electron chi connectivity index (χ3n) is 3.44. The van der Waals surface area contributed by atoms with E-state index in [2.05, 4.69) is 0 Å². The first-order valence-electron chi connectivity index (χ1n) is 8.12. The van der Waals surface area contributed by atoms with Crippen molar-refractivity contribution >= 4 is 6.29 Å². The largest absolute Gasteiger partial charge is 0.493 e. The highest BCUT2D eigenvalue weighted by atomic mass is 16.5. The maximum Gasteiger partial charge on any atom is 0.203 e. The van der Waals surface area contributed by atoms with Gasteiger partial charge in [-0.1, -0.05) is 30.3 Å². The average Bonchev–Trinajstić information content (AvgIpc) is 2.59. The summed E-state index contributed by atoms with van der Waals surface area (Å²) in [5.41, 5.74) is 2.06. The Labute approximate surface area is 143 Å². The molecule has 0 aliphatic carbocycles. The maximum atomic E-state index is 10.7. The zero-order valence-corrected chi connectivity index (χ0v) is 14.5. The number of methoxy groups -OCH3 is 1. The van der Waals surface area contributed by atoms with Gasteiger partial charge in [0.2, 0.25) is 5.75 Å². The van der Waals surface area contributed by atoms with Gasteiger partial charge in [-0.3, -0.25) is 0 Å². The molecule has 0 saturated carbocycles. The van der Waals surface area contributed by atoms with Gasteiger partial charge in [-0.2, -0.15) is 0 Å². The minimum atomic E-state index is -0.00111. The fraction of sp³-hybridized carbons (Fsp3) is 0.350. The molecule has 0 N–H and O–H groups in total. The summed E-state index contributed by atoms with van der Waals surface area (Å²) >= 11 is 0.